The van der Waals surface area contributed by atoms with Crippen LogP contribution < -0.4 is 9.80 Å². The molecule has 2 aromatic heterocycles. The molecular formula is C19H25N5. The number of aryl methyl sites for hydroxylation is 1. The molecule has 0 bridgehead atoms. The maximum absolute atomic E-state index is 4.59. The quantitative estimate of drug-likeness (QED) is 0.869. The second-order valence-corrected chi connectivity index (χ2v) is 7.01. The zero-order valence-electron chi connectivity index (χ0n) is 14.3. The Morgan fingerprint density at radius 3 is 2.25 bits per heavy atom. The third-order valence-corrected chi connectivity index (χ3v) is 5.55. The molecule has 24 heavy (non-hydrogen) atoms. The standard InChI is InChI=1S/C19H25N5/c1-15-4-2-8-20-18(15)24-13-7-17(14-24)16-5-11-23(12-6-16)19-21-9-3-10-22-19/h2-4,8-10,16-17H,5-7,11-14H2,1H3/t17-/m0/s1. The van der Waals surface area contributed by atoms with Crippen molar-refractivity contribution in [2.45, 2.75) is 26.2 Å². The van der Waals surface area contributed by atoms with Crippen LogP contribution in [-0.2, 0) is 0 Å². The number of nitrogens with zero attached hydrogens (tertiary/aromatic N) is 5. The Balaban J connectivity index is 1.35. The van der Waals surface area contributed by atoms with Crippen molar-refractivity contribution in [3.8, 4) is 0 Å². The monoisotopic (exact) mass is 323 g/mol. The number of piperidine rings is 1. The van der Waals surface area contributed by atoms with Gasteiger partial charge in [-0.2, -0.15) is 0 Å². The van der Waals surface area contributed by atoms with Gasteiger partial charge >= 0.3 is 0 Å². The first-order chi connectivity index (χ1) is 11.8. The molecule has 0 N–H and O–H groups in total. The molecule has 0 aromatic carbocycles. The van der Waals surface area contributed by atoms with Crippen LogP contribution in [0.1, 0.15) is 24.8 Å². The summed E-state index contributed by atoms with van der Waals surface area (Å²) in [4.78, 5) is 18.2. The van der Waals surface area contributed by atoms with Crippen LogP contribution in [0.2, 0.25) is 0 Å². The van der Waals surface area contributed by atoms with Crippen LogP contribution in [0.5, 0.6) is 0 Å². The molecule has 4 rings (SSSR count). The van der Waals surface area contributed by atoms with E-state index >= 15 is 0 Å². The molecule has 126 valence electrons. The highest BCUT2D eigenvalue weighted by Gasteiger charge is 2.33. The van der Waals surface area contributed by atoms with Crippen molar-refractivity contribution < 1.29 is 0 Å². The third kappa shape index (κ3) is 3.07. The van der Waals surface area contributed by atoms with Crippen LogP contribution >= 0.6 is 0 Å². The van der Waals surface area contributed by atoms with Gasteiger partial charge in [0.2, 0.25) is 5.95 Å². The van der Waals surface area contributed by atoms with Crippen molar-refractivity contribution in [1.29, 1.82) is 0 Å². The number of rotatable bonds is 3. The first kappa shape index (κ1) is 15.4. The van der Waals surface area contributed by atoms with Gasteiger partial charge in [-0.1, -0.05) is 6.07 Å². The molecule has 4 heterocycles. The molecule has 2 fully saturated rings. The number of hydrogen-bond acceptors (Lipinski definition) is 5. The maximum Gasteiger partial charge on any atom is 0.225 e. The van der Waals surface area contributed by atoms with Crippen LogP contribution in [0.4, 0.5) is 11.8 Å². The SMILES string of the molecule is Cc1cccnc1N1CC[C@H](C2CCN(c3ncccn3)CC2)C1. The van der Waals surface area contributed by atoms with E-state index in [2.05, 4.69) is 37.7 Å². The Kier molecular flexibility index (Phi) is 4.32. The van der Waals surface area contributed by atoms with Crippen LogP contribution in [0.25, 0.3) is 0 Å². The summed E-state index contributed by atoms with van der Waals surface area (Å²) in [5.74, 6) is 3.67. The summed E-state index contributed by atoms with van der Waals surface area (Å²) in [7, 11) is 0. The minimum absolute atomic E-state index is 0.797. The lowest BCUT2D eigenvalue weighted by Gasteiger charge is -2.34. The second kappa shape index (κ2) is 6.75. The molecule has 2 saturated heterocycles. The highest BCUT2D eigenvalue weighted by Crippen LogP contribution is 2.34. The second-order valence-electron chi connectivity index (χ2n) is 7.01. The molecule has 2 aliphatic rings. The molecule has 5 heteroatoms. The predicted octanol–water partition coefficient (Wildman–Crippen LogP) is 2.92. The zero-order chi connectivity index (χ0) is 16.4. The van der Waals surface area contributed by atoms with Gasteiger partial charge in [-0.05, 0) is 55.7 Å². The van der Waals surface area contributed by atoms with Crippen molar-refractivity contribution in [3.05, 3.63) is 42.4 Å². The lowest BCUT2D eigenvalue weighted by atomic mass is 9.84. The van der Waals surface area contributed by atoms with E-state index in [-0.39, 0.29) is 0 Å². The van der Waals surface area contributed by atoms with E-state index in [1.165, 1.54) is 30.6 Å². The summed E-state index contributed by atoms with van der Waals surface area (Å²) in [6.07, 6.45) is 9.36. The lowest BCUT2D eigenvalue weighted by Crippen LogP contribution is -2.37. The van der Waals surface area contributed by atoms with Gasteiger partial charge in [-0.25, -0.2) is 15.0 Å². The fourth-order valence-corrected chi connectivity index (χ4v) is 4.20. The minimum Gasteiger partial charge on any atom is -0.356 e. The predicted molar refractivity (Wildman–Crippen MR) is 96.3 cm³/mol. The van der Waals surface area contributed by atoms with E-state index in [0.29, 0.717) is 0 Å². The van der Waals surface area contributed by atoms with Gasteiger partial charge < -0.3 is 9.80 Å². The molecule has 0 unspecified atom stereocenters. The Bertz CT molecular complexity index is 666. The van der Waals surface area contributed by atoms with Gasteiger partial charge in [0.05, 0.1) is 0 Å². The first-order valence-electron chi connectivity index (χ1n) is 9.00. The van der Waals surface area contributed by atoms with Crippen LogP contribution in [-0.4, -0.2) is 41.1 Å². The van der Waals surface area contributed by atoms with E-state index < -0.39 is 0 Å². The molecule has 2 aliphatic heterocycles. The third-order valence-electron chi connectivity index (χ3n) is 5.55. The lowest BCUT2D eigenvalue weighted by molar-refractivity contribution is 0.292. The van der Waals surface area contributed by atoms with Crippen molar-refractivity contribution in [2.24, 2.45) is 11.8 Å². The summed E-state index contributed by atoms with van der Waals surface area (Å²) in [5, 5.41) is 0. The largest absolute Gasteiger partial charge is 0.356 e. The summed E-state index contributed by atoms with van der Waals surface area (Å²) >= 11 is 0. The molecule has 0 aliphatic carbocycles. The van der Waals surface area contributed by atoms with E-state index in [1.807, 2.05) is 30.7 Å². The highest BCUT2D eigenvalue weighted by atomic mass is 15.3. The minimum atomic E-state index is 0.797. The Morgan fingerprint density at radius 1 is 0.833 bits per heavy atom. The summed E-state index contributed by atoms with van der Waals surface area (Å²) in [6, 6.07) is 6.06. The van der Waals surface area contributed by atoms with Gasteiger partial charge in [0.25, 0.3) is 0 Å². The van der Waals surface area contributed by atoms with Crippen LogP contribution in [0, 0.1) is 18.8 Å². The smallest absolute Gasteiger partial charge is 0.225 e. The average Bonchev–Trinajstić information content (AvgIpc) is 3.13. The first-order valence-corrected chi connectivity index (χ1v) is 9.00. The molecule has 0 spiro atoms. The Labute approximate surface area is 143 Å². The van der Waals surface area contributed by atoms with Crippen LogP contribution in [0.3, 0.4) is 0 Å². The van der Waals surface area contributed by atoms with Crippen molar-refractivity contribution in [3.63, 3.8) is 0 Å². The molecule has 2 aromatic rings. The van der Waals surface area contributed by atoms with E-state index in [1.54, 1.807) is 0 Å². The maximum atomic E-state index is 4.59. The van der Waals surface area contributed by atoms with Crippen molar-refractivity contribution >= 4 is 11.8 Å². The van der Waals surface area contributed by atoms with Gasteiger partial charge in [0, 0.05) is 44.8 Å². The van der Waals surface area contributed by atoms with E-state index in [4.69, 9.17) is 0 Å². The topological polar surface area (TPSA) is 45.2 Å². The molecule has 0 amide bonds. The highest BCUT2D eigenvalue weighted by molar-refractivity contribution is 5.46. The molecular weight excluding hydrogens is 298 g/mol. The average molecular weight is 323 g/mol. The number of aromatic nitrogens is 3. The number of anilines is 2. The summed E-state index contributed by atoms with van der Waals surface area (Å²) in [5.41, 5.74) is 1.29. The van der Waals surface area contributed by atoms with Crippen LogP contribution in [0.15, 0.2) is 36.8 Å². The van der Waals surface area contributed by atoms with Crippen molar-refractivity contribution in [2.75, 3.05) is 36.0 Å². The van der Waals surface area contributed by atoms with Gasteiger partial charge in [-0.3, -0.25) is 0 Å². The van der Waals surface area contributed by atoms with E-state index in [0.717, 1.165) is 44.0 Å². The molecule has 0 radical (unpaired) electrons. The molecule has 5 nitrogen and oxygen atoms in total. The fraction of sp³-hybridized carbons (Fsp3) is 0.526. The Hall–Kier alpha value is -2.17. The summed E-state index contributed by atoms with van der Waals surface area (Å²) < 4.78 is 0. The van der Waals surface area contributed by atoms with Crippen molar-refractivity contribution in [1.82, 2.24) is 15.0 Å². The fourth-order valence-electron chi connectivity index (χ4n) is 4.20. The zero-order valence-corrected chi connectivity index (χ0v) is 14.3. The Morgan fingerprint density at radius 2 is 1.50 bits per heavy atom. The summed E-state index contributed by atoms with van der Waals surface area (Å²) in [6.45, 7) is 6.62. The molecule has 0 saturated carbocycles. The molecule has 1 atom stereocenters. The van der Waals surface area contributed by atoms with Gasteiger partial charge in [0.1, 0.15) is 5.82 Å². The van der Waals surface area contributed by atoms with Gasteiger partial charge in [0.15, 0.2) is 0 Å². The van der Waals surface area contributed by atoms with E-state index in [9.17, 15) is 0 Å². The van der Waals surface area contributed by atoms with Gasteiger partial charge in [-0.15, -0.1) is 0 Å². The number of hydrogen-bond donors (Lipinski definition) is 0. The number of pyridine rings is 1. The normalized spacial score (nSPS) is 22.1.